The van der Waals surface area contributed by atoms with Crippen molar-refractivity contribution in [1.82, 2.24) is 34.0 Å². The average molecular weight is 588 g/mol. The zero-order valence-electron chi connectivity index (χ0n) is 21.9. The minimum absolute atomic E-state index is 0.0791. The number of benzene rings is 2. The highest BCUT2D eigenvalue weighted by atomic mass is 35.5. The fraction of sp³-hybridized carbons (Fsp3) is 0.296. The van der Waals surface area contributed by atoms with Crippen molar-refractivity contribution in [2.75, 3.05) is 0 Å². The molecular formula is C27H25ClF3N7O3. The van der Waals surface area contributed by atoms with Gasteiger partial charge in [0.25, 0.3) is 5.91 Å². The maximum Gasteiger partial charge on any atom is 0.416 e. The van der Waals surface area contributed by atoms with E-state index in [9.17, 15) is 27.9 Å². The molecular weight excluding hydrogens is 563 g/mol. The standard InChI is InChI=1S/C27H25ClF3N7O3/c1-16-7-8-17(2)38(16)25(40)20-5-3-4-6-21(20)37-15-32-23(33-37)14-36-26(41)35(13-22(39)27(29,30)31)24(34-36)18-9-11-19(28)12-10-18/h3-12,15-17,22,39H,13-14H2,1-2H3. The van der Waals surface area contributed by atoms with Crippen molar-refractivity contribution in [2.45, 2.75) is 51.3 Å². The number of aliphatic hydroxyl groups is 1. The Morgan fingerprint density at radius 2 is 1.71 bits per heavy atom. The molecule has 3 unspecified atom stereocenters. The van der Waals surface area contributed by atoms with Crippen molar-refractivity contribution < 1.29 is 23.1 Å². The Kier molecular flexibility index (Phi) is 7.58. The third kappa shape index (κ3) is 5.68. The molecule has 5 rings (SSSR count). The van der Waals surface area contributed by atoms with Gasteiger partial charge in [-0.1, -0.05) is 35.9 Å². The smallest absolute Gasteiger partial charge is 0.382 e. The molecule has 41 heavy (non-hydrogen) atoms. The van der Waals surface area contributed by atoms with Crippen molar-refractivity contribution in [2.24, 2.45) is 0 Å². The summed E-state index contributed by atoms with van der Waals surface area (Å²) in [7, 11) is 0. The zero-order valence-corrected chi connectivity index (χ0v) is 22.7. The van der Waals surface area contributed by atoms with Gasteiger partial charge in [0.2, 0.25) is 0 Å². The van der Waals surface area contributed by atoms with Crippen molar-refractivity contribution in [3.63, 3.8) is 0 Å². The molecule has 1 amide bonds. The Labute approximate surface area is 236 Å². The number of alkyl halides is 3. The number of carbonyl (C=O) groups excluding carboxylic acids is 1. The largest absolute Gasteiger partial charge is 0.416 e. The molecule has 0 saturated carbocycles. The number of halogens is 4. The highest BCUT2D eigenvalue weighted by molar-refractivity contribution is 6.30. The van der Waals surface area contributed by atoms with Crippen LogP contribution in [0.25, 0.3) is 17.1 Å². The average Bonchev–Trinajstić information content (AvgIpc) is 3.62. The van der Waals surface area contributed by atoms with Crippen molar-refractivity contribution >= 4 is 17.5 Å². The van der Waals surface area contributed by atoms with Gasteiger partial charge in [0.1, 0.15) is 12.9 Å². The summed E-state index contributed by atoms with van der Waals surface area (Å²) >= 11 is 5.93. The van der Waals surface area contributed by atoms with Crippen LogP contribution >= 0.6 is 11.6 Å². The lowest BCUT2D eigenvalue weighted by atomic mass is 10.1. The van der Waals surface area contributed by atoms with Gasteiger partial charge < -0.3 is 10.0 Å². The Morgan fingerprint density at radius 1 is 1.05 bits per heavy atom. The van der Waals surface area contributed by atoms with Gasteiger partial charge in [0, 0.05) is 22.7 Å². The quantitative estimate of drug-likeness (QED) is 0.330. The van der Waals surface area contributed by atoms with Crippen LogP contribution in [-0.4, -0.2) is 69.4 Å². The first-order valence-electron chi connectivity index (χ1n) is 12.6. The molecule has 0 radical (unpaired) electrons. The predicted octanol–water partition coefficient (Wildman–Crippen LogP) is 3.71. The van der Waals surface area contributed by atoms with Crippen LogP contribution in [0.2, 0.25) is 5.02 Å². The second-order valence-electron chi connectivity index (χ2n) is 9.64. The molecule has 1 aliphatic rings. The van der Waals surface area contributed by atoms with E-state index in [4.69, 9.17) is 11.6 Å². The van der Waals surface area contributed by atoms with Crippen LogP contribution in [0.15, 0.2) is 71.8 Å². The van der Waals surface area contributed by atoms with Gasteiger partial charge in [-0.15, -0.1) is 10.2 Å². The second kappa shape index (κ2) is 11.0. The topological polar surface area (TPSA) is 111 Å². The molecule has 214 valence electrons. The summed E-state index contributed by atoms with van der Waals surface area (Å²) in [6, 6.07) is 12.8. The maximum absolute atomic E-state index is 13.4. The van der Waals surface area contributed by atoms with E-state index in [0.717, 1.165) is 9.25 Å². The molecule has 14 heteroatoms. The van der Waals surface area contributed by atoms with Crippen molar-refractivity contribution in [1.29, 1.82) is 0 Å². The van der Waals surface area contributed by atoms with Gasteiger partial charge in [-0.25, -0.2) is 19.1 Å². The Balaban J connectivity index is 1.47. The number of para-hydroxylation sites is 1. The number of aromatic nitrogens is 6. The number of aliphatic hydroxyl groups excluding tert-OH is 1. The van der Waals surface area contributed by atoms with Gasteiger partial charge in [-0.3, -0.25) is 9.36 Å². The van der Waals surface area contributed by atoms with E-state index in [2.05, 4.69) is 15.2 Å². The summed E-state index contributed by atoms with van der Waals surface area (Å²) in [6.45, 7) is 2.52. The molecule has 0 saturated heterocycles. The van der Waals surface area contributed by atoms with Crippen LogP contribution in [0.1, 0.15) is 30.0 Å². The molecule has 0 bridgehead atoms. The Morgan fingerprint density at radius 3 is 2.37 bits per heavy atom. The summed E-state index contributed by atoms with van der Waals surface area (Å²) in [4.78, 5) is 32.6. The monoisotopic (exact) mass is 587 g/mol. The van der Waals surface area contributed by atoms with Crippen LogP contribution in [0.3, 0.4) is 0 Å². The first-order valence-corrected chi connectivity index (χ1v) is 13.0. The van der Waals surface area contributed by atoms with E-state index < -0.39 is 24.5 Å². The summed E-state index contributed by atoms with van der Waals surface area (Å²) in [6.07, 6.45) is -2.42. The van der Waals surface area contributed by atoms with Crippen molar-refractivity contribution in [3.05, 3.63) is 93.9 Å². The number of nitrogens with zero attached hydrogens (tertiary/aromatic N) is 7. The van der Waals surface area contributed by atoms with E-state index in [1.807, 2.05) is 26.0 Å². The first kappa shape index (κ1) is 28.3. The van der Waals surface area contributed by atoms with Gasteiger partial charge in [-0.05, 0) is 50.2 Å². The SMILES string of the molecule is CC1C=CC(C)N1C(=O)c1ccccc1-n1cnc(Cn2nc(-c3ccc(Cl)cc3)n(CC(O)C(F)(F)F)c2=O)n1. The second-order valence-corrected chi connectivity index (χ2v) is 10.1. The highest BCUT2D eigenvalue weighted by Crippen LogP contribution is 2.25. The molecule has 1 aliphatic heterocycles. The van der Waals surface area contributed by atoms with Gasteiger partial charge in [0.05, 0.1) is 17.8 Å². The molecule has 3 atom stereocenters. The molecule has 2 aromatic heterocycles. The lowest BCUT2D eigenvalue weighted by Gasteiger charge is -2.27. The molecule has 10 nitrogen and oxygen atoms in total. The Bertz CT molecular complexity index is 1650. The fourth-order valence-corrected chi connectivity index (χ4v) is 4.78. The fourth-order valence-electron chi connectivity index (χ4n) is 4.66. The van der Waals surface area contributed by atoms with Crippen LogP contribution < -0.4 is 5.69 Å². The molecule has 0 aliphatic carbocycles. The maximum atomic E-state index is 13.4. The third-order valence-corrected chi connectivity index (χ3v) is 7.00. The molecule has 0 fully saturated rings. The van der Waals surface area contributed by atoms with Crippen molar-refractivity contribution in [3.8, 4) is 17.1 Å². The number of hydrogen-bond acceptors (Lipinski definition) is 6. The number of carbonyl (C=O) groups is 1. The van der Waals surface area contributed by atoms with E-state index in [0.29, 0.717) is 21.8 Å². The molecule has 0 spiro atoms. The molecule has 3 heterocycles. The lowest BCUT2D eigenvalue weighted by Crippen LogP contribution is -2.39. The molecule has 1 N–H and O–H groups in total. The lowest BCUT2D eigenvalue weighted by molar-refractivity contribution is -0.207. The minimum Gasteiger partial charge on any atom is -0.382 e. The number of rotatable bonds is 7. The molecule has 2 aromatic carbocycles. The predicted molar refractivity (Wildman–Crippen MR) is 144 cm³/mol. The van der Waals surface area contributed by atoms with Gasteiger partial charge >= 0.3 is 11.9 Å². The summed E-state index contributed by atoms with van der Waals surface area (Å²) in [5.41, 5.74) is 0.301. The van der Waals surface area contributed by atoms with E-state index in [1.165, 1.54) is 35.3 Å². The van der Waals surface area contributed by atoms with Gasteiger partial charge in [0.15, 0.2) is 17.8 Å². The number of amides is 1. The zero-order chi connectivity index (χ0) is 29.5. The van der Waals surface area contributed by atoms with Crippen LogP contribution in [0.5, 0.6) is 0 Å². The minimum atomic E-state index is -4.94. The Hall–Kier alpha value is -4.23. The van der Waals surface area contributed by atoms with Crippen LogP contribution in [0, 0.1) is 0 Å². The molecule has 4 aromatic rings. The first-order chi connectivity index (χ1) is 19.4. The van der Waals surface area contributed by atoms with E-state index >= 15 is 0 Å². The normalized spacial score (nSPS) is 17.8. The summed E-state index contributed by atoms with van der Waals surface area (Å²) in [5, 5.41) is 18.7. The van der Waals surface area contributed by atoms with Crippen LogP contribution in [-0.2, 0) is 13.1 Å². The summed E-state index contributed by atoms with van der Waals surface area (Å²) in [5.74, 6) is -0.149. The van der Waals surface area contributed by atoms with E-state index in [-0.39, 0.29) is 36.2 Å². The van der Waals surface area contributed by atoms with Crippen LogP contribution in [0.4, 0.5) is 13.2 Å². The van der Waals surface area contributed by atoms with Gasteiger partial charge in [-0.2, -0.15) is 13.2 Å². The number of hydrogen-bond donors (Lipinski definition) is 1. The van der Waals surface area contributed by atoms with E-state index in [1.54, 1.807) is 29.2 Å². The third-order valence-electron chi connectivity index (χ3n) is 6.75. The highest BCUT2D eigenvalue weighted by Gasteiger charge is 2.39. The summed E-state index contributed by atoms with van der Waals surface area (Å²) < 4.78 is 42.5.